The van der Waals surface area contributed by atoms with E-state index in [-0.39, 0.29) is 35.5 Å². The van der Waals surface area contributed by atoms with E-state index in [4.69, 9.17) is 22.4 Å². The van der Waals surface area contributed by atoms with Gasteiger partial charge >= 0.3 is 12.0 Å². The van der Waals surface area contributed by atoms with Gasteiger partial charge in [-0.15, -0.1) is 12.4 Å². The molecule has 3 N–H and O–H groups in total. The third-order valence-corrected chi connectivity index (χ3v) is 7.10. The van der Waals surface area contributed by atoms with Crippen LogP contribution in [0.3, 0.4) is 0 Å². The number of halogens is 2. The van der Waals surface area contributed by atoms with Crippen LogP contribution in [0.15, 0.2) is 48.5 Å². The van der Waals surface area contributed by atoms with Gasteiger partial charge in [0, 0.05) is 41.8 Å². The van der Waals surface area contributed by atoms with Crippen LogP contribution in [0.5, 0.6) is 0 Å². The van der Waals surface area contributed by atoms with Crippen LogP contribution in [-0.4, -0.2) is 47.7 Å². The predicted molar refractivity (Wildman–Crippen MR) is 129 cm³/mol. The minimum atomic E-state index is -0.969. The van der Waals surface area contributed by atoms with Gasteiger partial charge in [-0.25, -0.2) is 9.59 Å². The van der Waals surface area contributed by atoms with Gasteiger partial charge < -0.3 is 15.7 Å². The van der Waals surface area contributed by atoms with Crippen molar-refractivity contribution in [2.24, 2.45) is 5.73 Å². The standard InChI is InChI=1S/C24H28ClN3O3.ClH/c25-19-4-1-3-18(15-19)24(16-26)11-9-21(10-12-24)28-14-2-13-27(23(28)31)20-7-5-17(6-8-20)22(29)30;/h1,3-8,15,21H,2,9-14,16,26H2,(H,29,30);1H/t21-,24+;. The molecule has 0 aromatic heterocycles. The van der Waals surface area contributed by atoms with Gasteiger partial charge in [-0.2, -0.15) is 0 Å². The topological polar surface area (TPSA) is 86.9 Å². The Morgan fingerprint density at radius 2 is 1.81 bits per heavy atom. The largest absolute Gasteiger partial charge is 0.478 e. The summed E-state index contributed by atoms with van der Waals surface area (Å²) in [5, 5.41) is 9.83. The smallest absolute Gasteiger partial charge is 0.335 e. The first-order valence-corrected chi connectivity index (χ1v) is 11.2. The van der Waals surface area contributed by atoms with Crippen molar-refractivity contribution in [3.8, 4) is 0 Å². The van der Waals surface area contributed by atoms with Crippen molar-refractivity contribution < 1.29 is 14.7 Å². The zero-order valence-electron chi connectivity index (χ0n) is 17.9. The molecule has 0 unspecified atom stereocenters. The van der Waals surface area contributed by atoms with Crippen molar-refractivity contribution in [1.29, 1.82) is 0 Å². The third-order valence-electron chi connectivity index (χ3n) is 6.86. The number of amides is 2. The fourth-order valence-corrected chi connectivity index (χ4v) is 5.19. The maximum absolute atomic E-state index is 13.3. The number of carbonyl (C=O) groups excluding carboxylic acids is 1. The fraction of sp³-hybridized carbons (Fsp3) is 0.417. The lowest BCUT2D eigenvalue weighted by atomic mass is 9.68. The van der Waals surface area contributed by atoms with Gasteiger partial charge in [0.1, 0.15) is 0 Å². The molecule has 2 aliphatic rings. The summed E-state index contributed by atoms with van der Waals surface area (Å²) in [5.74, 6) is -0.969. The summed E-state index contributed by atoms with van der Waals surface area (Å²) in [4.78, 5) is 28.1. The number of carbonyl (C=O) groups is 2. The Labute approximate surface area is 199 Å². The number of aromatic carboxylic acids is 1. The average molecular weight is 478 g/mol. The minimum absolute atomic E-state index is 0. The lowest BCUT2D eigenvalue weighted by molar-refractivity contribution is 0.0697. The van der Waals surface area contributed by atoms with E-state index in [0.29, 0.717) is 13.1 Å². The van der Waals surface area contributed by atoms with Gasteiger partial charge in [0.05, 0.1) is 5.56 Å². The van der Waals surface area contributed by atoms with E-state index < -0.39 is 5.97 Å². The number of urea groups is 1. The molecule has 0 bridgehead atoms. The quantitative estimate of drug-likeness (QED) is 0.638. The highest BCUT2D eigenvalue weighted by Crippen LogP contribution is 2.41. The van der Waals surface area contributed by atoms with Crippen molar-refractivity contribution in [2.75, 3.05) is 24.5 Å². The molecule has 1 aliphatic carbocycles. The Balaban J connectivity index is 0.00000289. The maximum atomic E-state index is 13.3. The Hall–Kier alpha value is -2.28. The second kappa shape index (κ2) is 10.1. The molecule has 172 valence electrons. The van der Waals surface area contributed by atoms with Crippen molar-refractivity contribution in [3.63, 3.8) is 0 Å². The first kappa shape index (κ1) is 24.4. The summed E-state index contributed by atoms with van der Waals surface area (Å²) in [6.07, 6.45) is 4.54. The molecular formula is C24H29Cl2N3O3. The summed E-state index contributed by atoms with van der Waals surface area (Å²) >= 11 is 6.22. The second-order valence-corrected chi connectivity index (χ2v) is 9.00. The summed E-state index contributed by atoms with van der Waals surface area (Å²) in [5.41, 5.74) is 8.29. The molecule has 2 aromatic rings. The molecule has 1 saturated carbocycles. The second-order valence-electron chi connectivity index (χ2n) is 8.56. The highest BCUT2D eigenvalue weighted by molar-refractivity contribution is 6.30. The van der Waals surface area contributed by atoms with E-state index in [1.807, 2.05) is 23.1 Å². The minimum Gasteiger partial charge on any atom is -0.478 e. The van der Waals surface area contributed by atoms with E-state index in [1.165, 1.54) is 5.56 Å². The van der Waals surface area contributed by atoms with Crippen LogP contribution in [0.4, 0.5) is 10.5 Å². The molecule has 2 aromatic carbocycles. The Bertz CT molecular complexity index is 959. The highest BCUT2D eigenvalue weighted by atomic mass is 35.5. The molecule has 1 heterocycles. The fourth-order valence-electron chi connectivity index (χ4n) is 5.00. The predicted octanol–water partition coefficient (Wildman–Crippen LogP) is 4.93. The number of rotatable bonds is 5. The number of anilines is 1. The highest BCUT2D eigenvalue weighted by Gasteiger charge is 2.40. The van der Waals surface area contributed by atoms with Gasteiger partial charge in [-0.05, 0) is 74.1 Å². The van der Waals surface area contributed by atoms with Crippen molar-refractivity contribution in [2.45, 2.75) is 43.6 Å². The number of nitrogens with zero attached hydrogens (tertiary/aromatic N) is 2. The van der Waals surface area contributed by atoms with Crippen molar-refractivity contribution in [1.82, 2.24) is 4.90 Å². The van der Waals surface area contributed by atoms with E-state index in [2.05, 4.69) is 6.07 Å². The molecule has 1 saturated heterocycles. The molecular weight excluding hydrogens is 449 g/mol. The lowest BCUT2D eigenvalue weighted by Gasteiger charge is -2.46. The van der Waals surface area contributed by atoms with Crippen LogP contribution < -0.4 is 10.6 Å². The lowest BCUT2D eigenvalue weighted by Crippen LogP contribution is -2.55. The van der Waals surface area contributed by atoms with Gasteiger partial charge in [0.25, 0.3) is 0 Å². The van der Waals surface area contributed by atoms with Crippen LogP contribution in [-0.2, 0) is 5.41 Å². The van der Waals surface area contributed by atoms with Crippen molar-refractivity contribution >= 4 is 41.7 Å². The van der Waals surface area contributed by atoms with E-state index in [0.717, 1.165) is 49.4 Å². The molecule has 32 heavy (non-hydrogen) atoms. The number of hydrogen-bond acceptors (Lipinski definition) is 3. The van der Waals surface area contributed by atoms with Gasteiger partial charge in [0.15, 0.2) is 0 Å². The Morgan fingerprint density at radius 3 is 2.41 bits per heavy atom. The molecule has 0 atom stereocenters. The SMILES string of the molecule is Cl.NC[C@]1(c2cccc(Cl)c2)CC[C@@H](N2CCCN(c3ccc(C(=O)O)cc3)C2=O)CC1. The van der Waals surface area contributed by atoms with Gasteiger partial charge in [-0.3, -0.25) is 4.90 Å². The number of benzene rings is 2. The molecule has 0 spiro atoms. The van der Waals surface area contributed by atoms with Crippen LogP contribution in [0.2, 0.25) is 5.02 Å². The Morgan fingerprint density at radius 1 is 1.12 bits per heavy atom. The number of hydrogen-bond donors (Lipinski definition) is 2. The molecule has 2 fully saturated rings. The molecule has 1 aliphatic heterocycles. The number of carboxylic acid groups (broad SMARTS) is 1. The summed E-state index contributed by atoms with van der Waals surface area (Å²) in [6.45, 7) is 1.96. The van der Waals surface area contributed by atoms with E-state index in [9.17, 15) is 9.59 Å². The van der Waals surface area contributed by atoms with Crippen LogP contribution >= 0.6 is 24.0 Å². The normalized spacial score (nSPS) is 23.6. The zero-order chi connectivity index (χ0) is 22.0. The molecule has 0 radical (unpaired) electrons. The zero-order valence-corrected chi connectivity index (χ0v) is 19.4. The van der Waals surface area contributed by atoms with E-state index >= 15 is 0 Å². The average Bonchev–Trinajstić information content (AvgIpc) is 2.79. The molecule has 8 heteroatoms. The first-order chi connectivity index (χ1) is 14.9. The molecule has 2 amide bonds. The third kappa shape index (κ3) is 4.72. The summed E-state index contributed by atoms with van der Waals surface area (Å²) in [6, 6.07) is 14.7. The van der Waals surface area contributed by atoms with Gasteiger partial charge in [-0.1, -0.05) is 23.7 Å². The monoisotopic (exact) mass is 477 g/mol. The maximum Gasteiger partial charge on any atom is 0.335 e. The molecule has 6 nitrogen and oxygen atoms in total. The number of carboxylic acids is 1. The molecule has 4 rings (SSSR count). The van der Waals surface area contributed by atoms with Crippen LogP contribution in [0.1, 0.15) is 48.0 Å². The number of nitrogens with two attached hydrogens (primary N) is 1. The van der Waals surface area contributed by atoms with E-state index in [1.54, 1.807) is 29.2 Å². The van der Waals surface area contributed by atoms with Crippen molar-refractivity contribution in [3.05, 3.63) is 64.7 Å². The van der Waals surface area contributed by atoms with Crippen LogP contribution in [0.25, 0.3) is 0 Å². The summed E-state index contributed by atoms with van der Waals surface area (Å²) < 4.78 is 0. The Kier molecular flexibility index (Phi) is 7.70. The first-order valence-electron chi connectivity index (χ1n) is 10.8. The summed E-state index contributed by atoms with van der Waals surface area (Å²) in [7, 11) is 0. The van der Waals surface area contributed by atoms with Crippen LogP contribution in [0, 0.1) is 0 Å². The van der Waals surface area contributed by atoms with Gasteiger partial charge in [0.2, 0.25) is 0 Å².